The highest BCUT2D eigenvalue weighted by Crippen LogP contribution is 2.31. The van der Waals surface area contributed by atoms with Gasteiger partial charge >= 0.3 is 0 Å². The van der Waals surface area contributed by atoms with Crippen LogP contribution in [0.3, 0.4) is 0 Å². The van der Waals surface area contributed by atoms with Gasteiger partial charge in [0, 0.05) is 63.0 Å². The van der Waals surface area contributed by atoms with Crippen LogP contribution in [0.4, 0.5) is 5.82 Å². The van der Waals surface area contributed by atoms with Crippen LogP contribution in [0.1, 0.15) is 34.6 Å². The van der Waals surface area contributed by atoms with Crippen molar-refractivity contribution in [1.82, 2.24) is 35.4 Å². The molecular weight excluding hydrogens is 384 g/mol. The molecule has 30 heavy (non-hydrogen) atoms. The van der Waals surface area contributed by atoms with Gasteiger partial charge in [0.2, 0.25) is 5.91 Å². The van der Waals surface area contributed by atoms with Crippen molar-refractivity contribution in [1.29, 1.82) is 0 Å². The van der Waals surface area contributed by atoms with Crippen LogP contribution in [0, 0.1) is 5.92 Å². The van der Waals surface area contributed by atoms with Crippen molar-refractivity contribution in [2.75, 3.05) is 18.5 Å². The second-order valence-corrected chi connectivity index (χ2v) is 7.96. The molecule has 0 spiro atoms. The van der Waals surface area contributed by atoms with E-state index in [0.717, 1.165) is 41.1 Å². The van der Waals surface area contributed by atoms with Gasteiger partial charge in [-0.1, -0.05) is 0 Å². The van der Waals surface area contributed by atoms with E-state index in [2.05, 4.69) is 35.6 Å². The Bertz CT molecular complexity index is 1130. The average Bonchev–Trinajstić information content (AvgIpc) is 3.34. The minimum absolute atomic E-state index is 0.0125. The molecule has 10 heteroatoms. The fourth-order valence-corrected chi connectivity index (χ4v) is 4.47. The molecular formula is C20H24N8O2. The molecule has 1 aliphatic heterocycles. The van der Waals surface area contributed by atoms with Crippen molar-refractivity contribution in [2.45, 2.75) is 31.8 Å². The van der Waals surface area contributed by atoms with Gasteiger partial charge in [-0.2, -0.15) is 5.10 Å². The molecule has 2 aliphatic rings. The predicted molar refractivity (Wildman–Crippen MR) is 110 cm³/mol. The molecule has 4 heterocycles. The van der Waals surface area contributed by atoms with Crippen molar-refractivity contribution in [2.24, 2.45) is 13.0 Å². The molecule has 2 amide bonds. The Balaban J connectivity index is 1.35. The maximum absolute atomic E-state index is 13.0. The SMILES string of the molecule is CNC(=O)[C@H]1C[C@H](NC(=O)c2nn(C)c3c2CN(c2ncnc4[nH]ccc24)CC3)C1. The standard InChI is InChI=1S/C20H24N8O2/c1-21-19(29)11-7-12(8-11)25-20(30)16-14-9-28(6-4-15(14)27(2)26-16)18-13-3-5-22-17(13)23-10-24-18/h3,5,10-12H,4,6-9H2,1-2H3,(H,21,29)(H,25,30)(H,22,23,24)/t11-,12-. The van der Waals surface area contributed by atoms with Crippen LogP contribution in [-0.4, -0.2) is 56.2 Å². The third-order valence-electron chi connectivity index (χ3n) is 6.18. The number of anilines is 1. The first-order valence-electron chi connectivity index (χ1n) is 10.2. The van der Waals surface area contributed by atoms with Crippen LogP contribution in [0.15, 0.2) is 18.6 Å². The summed E-state index contributed by atoms with van der Waals surface area (Å²) in [5.41, 5.74) is 3.27. The van der Waals surface area contributed by atoms with Crippen molar-refractivity contribution < 1.29 is 9.59 Å². The number of H-pyrrole nitrogens is 1. The van der Waals surface area contributed by atoms with E-state index in [1.54, 1.807) is 13.4 Å². The lowest BCUT2D eigenvalue weighted by molar-refractivity contribution is -0.127. The van der Waals surface area contributed by atoms with Gasteiger partial charge in [0.05, 0.1) is 5.39 Å². The van der Waals surface area contributed by atoms with E-state index in [1.807, 2.05) is 24.0 Å². The number of carbonyl (C=O) groups excluding carboxylic acids is 2. The monoisotopic (exact) mass is 408 g/mol. The maximum atomic E-state index is 13.0. The van der Waals surface area contributed by atoms with Gasteiger partial charge in [-0.05, 0) is 18.9 Å². The number of nitrogens with zero attached hydrogens (tertiary/aromatic N) is 5. The Hall–Kier alpha value is -3.43. The molecule has 0 bridgehead atoms. The number of aryl methyl sites for hydroxylation is 1. The van der Waals surface area contributed by atoms with Gasteiger partial charge in [0.25, 0.3) is 5.91 Å². The van der Waals surface area contributed by atoms with Crippen LogP contribution in [0.2, 0.25) is 0 Å². The molecule has 10 nitrogen and oxygen atoms in total. The van der Waals surface area contributed by atoms with E-state index in [1.165, 1.54) is 0 Å². The lowest BCUT2D eigenvalue weighted by atomic mass is 9.79. The number of carbonyl (C=O) groups is 2. The summed E-state index contributed by atoms with van der Waals surface area (Å²) in [4.78, 5) is 38.7. The Morgan fingerprint density at radius 2 is 2.10 bits per heavy atom. The molecule has 1 aliphatic carbocycles. The first kappa shape index (κ1) is 18.6. The molecule has 156 valence electrons. The number of amides is 2. The van der Waals surface area contributed by atoms with E-state index >= 15 is 0 Å². The zero-order valence-corrected chi connectivity index (χ0v) is 17.0. The molecule has 0 atom stereocenters. The lowest BCUT2D eigenvalue weighted by Crippen LogP contribution is -2.49. The lowest BCUT2D eigenvalue weighted by Gasteiger charge is -2.34. The highest BCUT2D eigenvalue weighted by atomic mass is 16.2. The van der Waals surface area contributed by atoms with E-state index in [0.29, 0.717) is 25.1 Å². The summed E-state index contributed by atoms with van der Waals surface area (Å²) >= 11 is 0. The smallest absolute Gasteiger partial charge is 0.272 e. The van der Waals surface area contributed by atoms with E-state index in [9.17, 15) is 9.59 Å². The zero-order valence-electron chi connectivity index (χ0n) is 17.0. The number of hydrogen-bond donors (Lipinski definition) is 3. The number of nitrogens with one attached hydrogen (secondary N) is 3. The molecule has 0 saturated heterocycles. The van der Waals surface area contributed by atoms with Crippen molar-refractivity contribution in [3.8, 4) is 0 Å². The Labute approximate surface area is 173 Å². The maximum Gasteiger partial charge on any atom is 0.272 e. The third kappa shape index (κ3) is 2.99. The number of hydrogen-bond acceptors (Lipinski definition) is 6. The predicted octanol–water partition coefficient (Wildman–Crippen LogP) is 0.509. The van der Waals surface area contributed by atoms with Crippen LogP contribution in [0.25, 0.3) is 11.0 Å². The van der Waals surface area contributed by atoms with Crippen LogP contribution < -0.4 is 15.5 Å². The number of aromatic amines is 1. The molecule has 3 aromatic heterocycles. The number of aromatic nitrogens is 5. The molecule has 3 N–H and O–H groups in total. The van der Waals surface area contributed by atoms with Crippen molar-refractivity contribution in [3.63, 3.8) is 0 Å². The highest BCUT2D eigenvalue weighted by Gasteiger charge is 2.36. The van der Waals surface area contributed by atoms with Gasteiger partial charge in [0.1, 0.15) is 17.8 Å². The fraction of sp³-hybridized carbons (Fsp3) is 0.450. The Morgan fingerprint density at radius 1 is 1.27 bits per heavy atom. The summed E-state index contributed by atoms with van der Waals surface area (Å²) in [6.45, 7) is 1.36. The van der Waals surface area contributed by atoms with E-state index < -0.39 is 0 Å². The second-order valence-electron chi connectivity index (χ2n) is 7.96. The van der Waals surface area contributed by atoms with Crippen molar-refractivity contribution >= 4 is 28.7 Å². The summed E-state index contributed by atoms with van der Waals surface area (Å²) in [5.74, 6) is 0.695. The topological polar surface area (TPSA) is 121 Å². The van der Waals surface area contributed by atoms with Crippen LogP contribution in [0.5, 0.6) is 0 Å². The molecule has 1 saturated carbocycles. The average molecular weight is 408 g/mol. The minimum Gasteiger partial charge on any atom is -0.359 e. The molecule has 0 radical (unpaired) electrons. The van der Waals surface area contributed by atoms with Crippen LogP contribution in [-0.2, 0) is 24.8 Å². The molecule has 0 aromatic carbocycles. The quantitative estimate of drug-likeness (QED) is 0.578. The minimum atomic E-state index is -0.177. The van der Waals surface area contributed by atoms with E-state index in [4.69, 9.17) is 0 Å². The summed E-state index contributed by atoms with van der Waals surface area (Å²) < 4.78 is 1.81. The van der Waals surface area contributed by atoms with E-state index in [-0.39, 0.29) is 23.8 Å². The first-order valence-corrected chi connectivity index (χ1v) is 10.2. The molecule has 3 aromatic rings. The zero-order chi connectivity index (χ0) is 20.8. The first-order chi connectivity index (χ1) is 14.5. The second kappa shape index (κ2) is 7.12. The van der Waals surface area contributed by atoms with Gasteiger partial charge in [-0.25, -0.2) is 9.97 Å². The largest absolute Gasteiger partial charge is 0.359 e. The number of fused-ring (bicyclic) bond motifs is 2. The van der Waals surface area contributed by atoms with Gasteiger partial charge in [-0.15, -0.1) is 0 Å². The third-order valence-corrected chi connectivity index (χ3v) is 6.18. The Morgan fingerprint density at radius 3 is 2.90 bits per heavy atom. The normalized spacial score (nSPS) is 20.5. The number of rotatable bonds is 4. The fourth-order valence-electron chi connectivity index (χ4n) is 4.47. The van der Waals surface area contributed by atoms with Gasteiger partial charge in [-0.3, -0.25) is 14.3 Å². The molecule has 0 unspecified atom stereocenters. The van der Waals surface area contributed by atoms with Crippen molar-refractivity contribution in [3.05, 3.63) is 35.5 Å². The summed E-state index contributed by atoms with van der Waals surface area (Å²) in [5, 5.41) is 11.2. The molecule has 1 fully saturated rings. The Kier molecular flexibility index (Phi) is 4.41. The van der Waals surface area contributed by atoms with Crippen LogP contribution >= 0.6 is 0 Å². The van der Waals surface area contributed by atoms with Gasteiger partial charge in [0.15, 0.2) is 5.69 Å². The van der Waals surface area contributed by atoms with Gasteiger partial charge < -0.3 is 20.5 Å². The highest BCUT2D eigenvalue weighted by molar-refractivity contribution is 5.95. The molecule has 5 rings (SSSR count). The summed E-state index contributed by atoms with van der Waals surface area (Å²) in [6.07, 6.45) is 5.52. The summed E-state index contributed by atoms with van der Waals surface area (Å²) in [7, 11) is 3.52. The summed E-state index contributed by atoms with van der Waals surface area (Å²) in [6, 6.07) is 1.98.